The Hall–Kier alpha value is -2.61. The standard InChI is InChI=1S/C13H10FN3O/c1-8-4-13(11(14)6-12(8)16)18-10-2-3-17-9(5-10)7-15/h2-6H,16H2,1H3. The van der Waals surface area contributed by atoms with Crippen LogP contribution in [0.15, 0.2) is 30.5 Å². The summed E-state index contributed by atoms with van der Waals surface area (Å²) >= 11 is 0. The molecule has 0 unspecified atom stereocenters. The number of benzene rings is 1. The largest absolute Gasteiger partial charge is 0.454 e. The Morgan fingerprint density at radius 2 is 2.17 bits per heavy atom. The molecule has 0 aliphatic rings. The van der Waals surface area contributed by atoms with Gasteiger partial charge >= 0.3 is 0 Å². The molecule has 0 saturated carbocycles. The maximum Gasteiger partial charge on any atom is 0.167 e. The van der Waals surface area contributed by atoms with Crippen LogP contribution in [-0.2, 0) is 0 Å². The van der Waals surface area contributed by atoms with Crippen molar-refractivity contribution in [2.45, 2.75) is 6.92 Å². The highest BCUT2D eigenvalue weighted by atomic mass is 19.1. The van der Waals surface area contributed by atoms with E-state index in [4.69, 9.17) is 15.7 Å². The van der Waals surface area contributed by atoms with Crippen LogP contribution in [-0.4, -0.2) is 4.98 Å². The van der Waals surface area contributed by atoms with Gasteiger partial charge in [-0.25, -0.2) is 9.37 Å². The number of aromatic nitrogens is 1. The molecule has 0 atom stereocenters. The first kappa shape index (κ1) is 11.9. The predicted molar refractivity (Wildman–Crippen MR) is 64.6 cm³/mol. The normalized spacial score (nSPS) is 9.83. The summed E-state index contributed by atoms with van der Waals surface area (Å²) in [6.07, 6.45) is 1.43. The summed E-state index contributed by atoms with van der Waals surface area (Å²) in [4.78, 5) is 3.80. The molecule has 0 aliphatic carbocycles. The van der Waals surface area contributed by atoms with Crippen molar-refractivity contribution in [1.29, 1.82) is 5.26 Å². The van der Waals surface area contributed by atoms with E-state index in [0.717, 1.165) is 5.56 Å². The van der Waals surface area contributed by atoms with Crippen molar-refractivity contribution in [3.63, 3.8) is 0 Å². The fourth-order valence-electron chi connectivity index (χ4n) is 1.41. The molecule has 1 heterocycles. The number of rotatable bonds is 2. The quantitative estimate of drug-likeness (QED) is 0.823. The monoisotopic (exact) mass is 243 g/mol. The van der Waals surface area contributed by atoms with Crippen molar-refractivity contribution in [2.75, 3.05) is 5.73 Å². The molecule has 0 bridgehead atoms. The summed E-state index contributed by atoms with van der Waals surface area (Å²) in [5, 5.41) is 8.70. The summed E-state index contributed by atoms with van der Waals surface area (Å²) in [6, 6.07) is 7.58. The van der Waals surface area contributed by atoms with Crippen molar-refractivity contribution in [3.05, 3.63) is 47.5 Å². The molecule has 0 fully saturated rings. The average Bonchev–Trinajstić information content (AvgIpc) is 2.36. The van der Waals surface area contributed by atoms with E-state index in [-0.39, 0.29) is 11.4 Å². The van der Waals surface area contributed by atoms with Gasteiger partial charge in [-0.3, -0.25) is 0 Å². The molecular formula is C13H10FN3O. The Balaban J connectivity index is 2.34. The van der Waals surface area contributed by atoms with Crippen LogP contribution in [0.5, 0.6) is 11.5 Å². The molecule has 90 valence electrons. The van der Waals surface area contributed by atoms with Crippen molar-refractivity contribution < 1.29 is 9.13 Å². The van der Waals surface area contributed by atoms with E-state index in [9.17, 15) is 4.39 Å². The van der Waals surface area contributed by atoms with E-state index < -0.39 is 5.82 Å². The van der Waals surface area contributed by atoms with Gasteiger partial charge in [0.2, 0.25) is 0 Å². The molecule has 2 N–H and O–H groups in total. The molecular weight excluding hydrogens is 233 g/mol. The third-order valence-electron chi connectivity index (χ3n) is 2.39. The van der Waals surface area contributed by atoms with Crippen LogP contribution in [0, 0.1) is 24.1 Å². The third kappa shape index (κ3) is 2.38. The molecule has 0 spiro atoms. The average molecular weight is 243 g/mol. The second-order valence-corrected chi connectivity index (χ2v) is 3.73. The molecule has 4 nitrogen and oxygen atoms in total. The number of nitrogens with two attached hydrogens (primary N) is 1. The van der Waals surface area contributed by atoms with E-state index in [1.807, 2.05) is 6.07 Å². The Bertz CT molecular complexity index is 635. The number of pyridine rings is 1. The molecule has 0 radical (unpaired) electrons. The van der Waals surface area contributed by atoms with E-state index >= 15 is 0 Å². The molecule has 2 aromatic rings. The highest BCUT2D eigenvalue weighted by Crippen LogP contribution is 2.28. The number of ether oxygens (including phenoxy) is 1. The van der Waals surface area contributed by atoms with Crippen LogP contribution in [0.3, 0.4) is 0 Å². The minimum atomic E-state index is -0.548. The predicted octanol–water partition coefficient (Wildman–Crippen LogP) is 2.78. The topological polar surface area (TPSA) is 71.9 Å². The Kier molecular flexibility index (Phi) is 3.11. The smallest absolute Gasteiger partial charge is 0.167 e. The number of hydrogen-bond donors (Lipinski definition) is 1. The number of nitrogen functional groups attached to an aromatic ring is 1. The van der Waals surface area contributed by atoms with Gasteiger partial charge < -0.3 is 10.5 Å². The van der Waals surface area contributed by atoms with Gasteiger partial charge in [0, 0.05) is 24.0 Å². The van der Waals surface area contributed by atoms with Crippen molar-refractivity contribution in [3.8, 4) is 17.6 Å². The summed E-state index contributed by atoms with van der Waals surface area (Å²) in [6.45, 7) is 1.76. The number of anilines is 1. The molecule has 1 aromatic carbocycles. The number of nitriles is 1. The zero-order valence-corrected chi connectivity index (χ0v) is 9.64. The van der Waals surface area contributed by atoms with Crippen molar-refractivity contribution in [1.82, 2.24) is 4.98 Å². The summed E-state index contributed by atoms with van der Waals surface area (Å²) in [5.74, 6) is -0.130. The number of nitrogens with zero attached hydrogens (tertiary/aromatic N) is 2. The van der Waals surface area contributed by atoms with Crippen LogP contribution in [0.2, 0.25) is 0 Å². The van der Waals surface area contributed by atoms with Crippen LogP contribution in [0.25, 0.3) is 0 Å². The number of halogens is 1. The molecule has 2 rings (SSSR count). The fraction of sp³-hybridized carbons (Fsp3) is 0.0769. The van der Waals surface area contributed by atoms with Gasteiger partial charge in [-0.15, -0.1) is 0 Å². The van der Waals surface area contributed by atoms with Crippen LogP contribution in [0.4, 0.5) is 10.1 Å². The first-order valence-electron chi connectivity index (χ1n) is 5.20. The minimum Gasteiger partial charge on any atom is -0.454 e. The summed E-state index contributed by atoms with van der Waals surface area (Å²) < 4.78 is 19.0. The highest BCUT2D eigenvalue weighted by Gasteiger charge is 2.08. The van der Waals surface area contributed by atoms with Crippen LogP contribution in [0.1, 0.15) is 11.3 Å². The zero-order chi connectivity index (χ0) is 13.1. The van der Waals surface area contributed by atoms with E-state index in [1.54, 1.807) is 13.0 Å². The molecule has 0 aliphatic heterocycles. The van der Waals surface area contributed by atoms with Gasteiger partial charge in [0.25, 0.3) is 0 Å². The Morgan fingerprint density at radius 1 is 1.39 bits per heavy atom. The van der Waals surface area contributed by atoms with Crippen LogP contribution < -0.4 is 10.5 Å². The first-order chi connectivity index (χ1) is 8.60. The van der Waals surface area contributed by atoms with E-state index in [2.05, 4.69) is 4.98 Å². The van der Waals surface area contributed by atoms with E-state index in [1.165, 1.54) is 24.4 Å². The zero-order valence-electron chi connectivity index (χ0n) is 9.64. The molecule has 18 heavy (non-hydrogen) atoms. The maximum atomic E-state index is 13.6. The Morgan fingerprint density at radius 3 is 2.89 bits per heavy atom. The van der Waals surface area contributed by atoms with Gasteiger partial charge in [0.05, 0.1) is 0 Å². The van der Waals surface area contributed by atoms with Gasteiger partial charge in [0.15, 0.2) is 11.6 Å². The van der Waals surface area contributed by atoms with Crippen molar-refractivity contribution >= 4 is 5.69 Å². The molecule has 5 heteroatoms. The second kappa shape index (κ2) is 4.72. The molecule has 1 aromatic heterocycles. The van der Waals surface area contributed by atoms with E-state index in [0.29, 0.717) is 11.4 Å². The number of aryl methyl sites for hydroxylation is 1. The SMILES string of the molecule is Cc1cc(Oc2ccnc(C#N)c2)c(F)cc1N. The fourth-order valence-corrected chi connectivity index (χ4v) is 1.41. The van der Waals surface area contributed by atoms with Gasteiger partial charge in [-0.1, -0.05) is 0 Å². The lowest BCUT2D eigenvalue weighted by atomic mass is 10.2. The van der Waals surface area contributed by atoms with Gasteiger partial charge in [0.1, 0.15) is 17.5 Å². The third-order valence-corrected chi connectivity index (χ3v) is 2.39. The minimum absolute atomic E-state index is 0.0665. The molecule has 0 amide bonds. The highest BCUT2D eigenvalue weighted by molar-refractivity contribution is 5.51. The summed E-state index contributed by atoms with van der Waals surface area (Å²) in [7, 11) is 0. The maximum absolute atomic E-state index is 13.6. The lowest BCUT2D eigenvalue weighted by molar-refractivity contribution is 0.441. The lowest BCUT2D eigenvalue weighted by Crippen LogP contribution is -1.95. The van der Waals surface area contributed by atoms with Gasteiger partial charge in [-0.05, 0) is 24.6 Å². The van der Waals surface area contributed by atoms with Crippen molar-refractivity contribution in [2.24, 2.45) is 0 Å². The molecule has 0 saturated heterocycles. The lowest BCUT2D eigenvalue weighted by Gasteiger charge is -2.09. The summed E-state index contributed by atoms with van der Waals surface area (Å²) in [5.41, 5.74) is 6.88. The second-order valence-electron chi connectivity index (χ2n) is 3.73. The Labute approximate surface area is 103 Å². The van der Waals surface area contributed by atoms with Crippen LogP contribution >= 0.6 is 0 Å². The van der Waals surface area contributed by atoms with Gasteiger partial charge in [-0.2, -0.15) is 5.26 Å². The number of hydrogen-bond acceptors (Lipinski definition) is 4. The first-order valence-corrected chi connectivity index (χ1v) is 5.20.